The summed E-state index contributed by atoms with van der Waals surface area (Å²) in [6.07, 6.45) is 0. The van der Waals surface area contributed by atoms with Crippen LogP contribution in [0.4, 0.5) is 17.1 Å². The molecule has 0 atom stereocenters. The Morgan fingerprint density at radius 1 is 1.12 bits per heavy atom. The monoisotopic (exact) mass is 344 g/mol. The number of nitrogens with two attached hydrogens (primary N) is 1. The van der Waals surface area contributed by atoms with Gasteiger partial charge in [0.1, 0.15) is 0 Å². The smallest absolute Gasteiger partial charge is 0.255 e. The quantitative estimate of drug-likeness (QED) is 0.840. The minimum Gasteiger partial charge on any atom is -0.397 e. The Kier molecular flexibility index (Phi) is 4.92. The Labute approximate surface area is 147 Å². The second-order valence-electron chi connectivity index (χ2n) is 6.03. The van der Waals surface area contributed by atoms with E-state index in [0.29, 0.717) is 22.0 Å². The van der Waals surface area contributed by atoms with Gasteiger partial charge in [-0.05, 0) is 43.4 Å². The van der Waals surface area contributed by atoms with Crippen LogP contribution in [0.3, 0.4) is 0 Å². The lowest BCUT2D eigenvalue weighted by atomic mass is 10.1. The number of nitrogens with one attached hydrogen (secondary N) is 1. The van der Waals surface area contributed by atoms with Crippen molar-refractivity contribution in [2.24, 2.45) is 0 Å². The van der Waals surface area contributed by atoms with Crippen LogP contribution in [0, 0.1) is 0 Å². The molecule has 1 saturated heterocycles. The van der Waals surface area contributed by atoms with Gasteiger partial charge in [-0.1, -0.05) is 17.7 Å². The average Bonchev–Trinajstić information content (AvgIpc) is 2.56. The number of likely N-dealkylation sites (N-methyl/N-ethyl adjacent to an activating group) is 1. The molecule has 2 aromatic carbocycles. The van der Waals surface area contributed by atoms with Crippen LogP contribution in [0.5, 0.6) is 0 Å². The Hall–Kier alpha value is -2.24. The van der Waals surface area contributed by atoms with Crippen molar-refractivity contribution in [2.75, 3.05) is 49.2 Å². The fraction of sp³-hybridized carbons (Fsp3) is 0.278. The van der Waals surface area contributed by atoms with Crippen molar-refractivity contribution in [2.45, 2.75) is 0 Å². The molecule has 0 radical (unpaired) electrons. The summed E-state index contributed by atoms with van der Waals surface area (Å²) < 4.78 is 0. The molecule has 0 aromatic heterocycles. The van der Waals surface area contributed by atoms with Crippen molar-refractivity contribution in [1.29, 1.82) is 0 Å². The Morgan fingerprint density at radius 3 is 2.54 bits per heavy atom. The van der Waals surface area contributed by atoms with E-state index in [1.54, 1.807) is 30.3 Å². The molecule has 3 rings (SSSR count). The van der Waals surface area contributed by atoms with Crippen LogP contribution in [0.25, 0.3) is 0 Å². The molecule has 2 aromatic rings. The summed E-state index contributed by atoms with van der Waals surface area (Å²) in [6, 6.07) is 12.5. The van der Waals surface area contributed by atoms with E-state index in [4.69, 9.17) is 17.3 Å². The first-order chi connectivity index (χ1) is 11.5. The molecule has 1 fully saturated rings. The molecule has 3 N–H and O–H groups in total. The average molecular weight is 345 g/mol. The molecule has 0 bridgehead atoms. The van der Waals surface area contributed by atoms with E-state index in [0.717, 1.165) is 31.9 Å². The summed E-state index contributed by atoms with van der Waals surface area (Å²) in [5.41, 5.74) is 9.08. The van der Waals surface area contributed by atoms with Gasteiger partial charge in [-0.15, -0.1) is 0 Å². The third-order valence-electron chi connectivity index (χ3n) is 4.22. The number of amides is 1. The molecule has 0 saturated carbocycles. The van der Waals surface area contributed by atoms with Crippen LogP contribution < -0.4 is 16.0 Å². The van der Waals surface area contributed by atoms with E-state index in [9.17, 15) is 4.79 Å². The number of carbonyl (C=O) groups excluding carboxylic acids is 1. The number of rotatable bonds is 3. The number of carbonyl (C=O) groups is 1. The zero-order valence-corrected chi connectivity index (χ0v) is 14.4. The largest absolute Gasteiger partial charge is 0.397 e. The summed E-state index contributed by atoms with van der Waals surface area (Å²) in [5, 5.41) is 3.39. The molecule has 1 amide bonds. The predicted octanol–water partition coefficient (Wildman–Crippen LogP) is 2.93. The van der Waals surface area contributed by atoms with Crippen LogP contribution in [0.2, 0.25) is 5.02 Å². The van der Waals surface area contributed by atoms with Crippen LogP contribution in [-0.4, -0.2) is 44.0 Å². The zero-order valence-electron chi connectivity index (χ0n) is 13.6. The normalized spacial score (nSPS) is 15.3. The van der Waals surface area contributed by atoms with Crippen LogP contribution in [-0.2, 0) is 0 Å². The summed E-state index contributed by atoms with van der Waals surface area (Å²) in [4.78, 5) is 16.8. The molecule has 0 spiro atoms. The first kappa shape index (κ1) is 16.6. The van der Waals surface area contributed by atoms with E-state index >= 15 is 0 Å². The fourth-order valence-electron chi connectivity index (χ4n) is 2.80. The topological polar surface area (TPSA) is 61.6 Å². The molecule has 6 heteroatoms. The second-order valence-corrected chi connectivity index (χ2v) is 6.46. The maximum Gasteiger partial charge on any atom is 0.255 e. The zero-order chi connectivity index (χ0) is 17.1. The molecular weight excluding hydrogens is 324 g/mol. The second kappa shape index (κ2) is 7.11. The number of hydrogen-bond acceptors (Lipinski definition) is 4. The Bertz CT molecular complexity index is 742. The molecule has 1 aliphatic heterocycles. The van der Waals surface area contributed by atoms with Gasteiger partial charge in [0.2, 0.25) is 0 Å². The maximum absolute atomic E-state index is 12.3. The van der Waals surface area contributed by atoms with E-state index in [-0.39, 0.29) is 5.91 Å². The highest BCUT2D eigenvalue weighted by Gasteiger charge is 2.16. The van der Waals surface area contributed by atoms with E-state index in [2.05, 4.69) is 22.2 Å². The van der Waals surface area contributed by atoms with Crippen molar-refractivity contribution in [1.82, 2.24) is 4.90 Å². The van der Waals surface area contributed by atoms with Gasteiger partial charge >= 0.3 is 0 Å². The van der Waals surface area contributed by atoms with Crippen LogP contribution in [0.15, 0.2) is 42.5 Å². The first-order valence-corrected chi connectivity index (χ1v) is 8.30. The van der Waals surface area contributed by atoms with Crippen molar-refractivity contribution in [3.8, 4) is 0 Å². The highest BCUT2D eigenvalue weighted by Crippen LogP contribution is 2.27. The molecule has 1 heterocycles. The molecule has 1 aliphatic rings. The maximum atomic E-state index is 12.3. The van der Waals surface area contributed by atoms with Crippen LogP contribution in [0.1, 0.15) is 10.4 Å². The molecule has 126 valence electrons. The summed E-state index contributed by atoms with van der Waals surface area (Å²) in [7, 11) is 2.12. The van der Waals surface area contributed by atoms with Crippen molar-refractivity contribution < 1.29 is 4.79 Å². The Morgan fingerprint density at radius 2 is 1.88 bits per heavy atom. The molecule has 5 nitrogen and oxygen atoms in total. The van der Waals surface area contributed by atoms with Gasteiger partial charge in [-0.3, -0.25) is 4.79 Å². The van der Waals surface area contributed by atoms with E-state index in [1.165, 1.54) is 0 Å². The van der Waals surface area contributed by atoms with E-state index < -0.39 is 0 Å². The van der Waals surface area contributed by atoms with Gasteiger partial charge in [-0.2, -0.15) is 0 Å². The van der Waals surface area contributed by atoms with Gasteiger partial charge in [0.05, 0.1) is 11.4 Å². The summed E-state index contributed by atoms with van der Waals surface area (Å²) in [5.74, 6) is -0.204. The molecule has 24 heavy (non-hydrogen) atoms. The highest BCUT2D eigenvalue weighted by atomic mass is 35.5. The van der Waals surface area contributed by atoms with Gasteiger partial charge < -0.3 is 20.9 Å². The van der Waals surface area contributed by atoms with E-state index in [1.807, 2.05) is 12.1 Å². The minimum atomic E-state index is -0.204. The van der Waals surface area contributed by atoms with Crippen molar-refractivity contribution in [3.63, 3.8) is 0 Å². The molecule has 0 aliphatic carbocycles. The number of benzene rings is 2. The fourth-order valence-corrected chi connectivity index (χ4v) is 2.99. The van der Waals surface area contributed by atoms with Gasteiger partial charge in [0, 0.05) is 42.5 Å². The van der Waals surface area contributed by atoms with Crippen molar-refractivity contribution in [3.05, 3.63) is 53.1 Å². The highest BCUT2D eigenvalue weighted by molar-refractivity contribution is 6.31. The number of piperazine rings is 1. The summed E-state index contributed by atoms with van der Waals surface area (Å²) in [6.45, 7) is 3.95. The number of hydrogen-bond donors (Lipinski definition) is 2. The first-order valence-electron chi connectivity index (χ1n) is 7.93. The number of anilines is 3. The number of nitrogen functional groups attached to an aromatic ring is 1. The van der Waals surface area contributed by atoms with Crippen LogP contribution >= 0.6 is 11.6 Å². The SMILES string of the molecule is CN1CCN(c2ccc(NC(=O)c3cccc(Cl)c3)cc2N)CC1. The minimum absolute atomic E-state index is 0.204. The lowest BCUT2D eigenvalue weighted by molar-refractivity contribution is 0.102. The van der Waals surface area contributed by atoms with Gasteiger partial charge in [-0.25, -0.2) is 0 Å². The standard InChI is InChI=1S/C18H21ClN4O/c1-22-7-9-23(10-8-22)17-6-5-15(12-16(17)20)21-18(24)13-3-2-4-14(19)11-13/h2-6,11-12H,7-10,20H2,1H3,(H,21,24). The predicted molar refractivity (Wildman–Crippen MR) is 100.0 cm³/mol. The van der Waals surface area contributed by atoms with Gasteiger partial charge in [0.25, 0.3) is 5.91 Å². The lowest BCUT2D eigenvalue weighted by Gasteiger charge is -2.34. The van der Waals surface area contributed by atoms with Gasteiger partial charge in [0.15, 0.2) is 0 Å². The third kappa shape index (κ3) is 3.80. The Balaban J connectivity index is 1.71. The molecular formula is C18H21ClN4O. The van der Waals surface area contributed by atoms with Crippen molar-refractivity contribution >= 4 is 34.6 Å². The lowest BCUT2D eigenvalue weighted by Crippen LogP contribution is -2.44. The number of halogens is 1. The number of nitrogens with zero attached hydrogens (tertiary/aromatic N) is 2. The molecule has 0 unspecified atom stereocenters. The third-order valence-corrected chi connectivity index (χ3v) is 4.45. The summed E-state index contributed by atoms with van der Waals surface area (Å²) >= 11 is 5.93.